The minimum absolute atomic E-state index is 0.141. The lowest BCUT2D eigenvalue weighted by Crippen LogP contribution is -2.60. The molecule has 0 saturated carbocycles. The third kappa shape index (κ3) is 6.76. The van der Waals surface area contributed by atoms with Crippen molar-refractivity contribution in [1.82, 2.24) is 20.2 Å². The normalized spacial score (nSPS) is 17.5. The van der Waals surface area contributed by atoms with Gasteiger partial charge in [-0.2, -0.15) is 5.43 Å². The summed E-state index contributed by atoms with van der Waals surface area (Å²) in [6.45, 7) is 6.52. The van der Waals surface area contributed by atoms with Crippen molar-refractivity contribution < 1.29 is 23.1 Å². The average molecular weight is 468 g/mol. The van der Waals surface area contributed by atoms with E-state index in [1.165, 1.54) is 17.2 Å². The zero-order valence-corrected chi connectivity index (χ0v) is 18.5. The van der Waals surface area contributed by atoms with Crippen molar-refractivity contribution in [1.29, 1.82) is 0 Å². The third-order valence-corrected chi connectivity index (χ3v) is 5.20. The molecule has 0 bridgehead atoms. The molecule has 29 heavy (non-hydrogen) atoms. The number of ether oxygens (including phenoxy) is 1. The Kier molecular flexibility index (Phi) is 8.20. The maximum Gasteiger partial charge on any atom is 0.410 e. The fourth-order valence-corrected chi connectivity index (χ4v) is 3.70. The van der Waals surface area contributed by atoms with Crippen LogP contribution in [0, 0.1) is 0 Å². The van der Waals surface area contributed by atoms with Crippen LogP contribution in [0.1, 0.15) is 20.8 Å². The molecule has 1 aromatic heterocycles. The van der Waals surface area contributed by atoms with Gasteiger partial charge in [0.25, 0.3) is 0 Å². The number of hydrogen-bond donors (Lipinski definition) is 2. The van der Waals surface area contributed by atoms with Crippen molar-refractivity contribution in [2.75, 3.05) is 31.2 Å². The average Bonchev–Trinajstić information content (AvgIpc) is 2.62. The van der Waals surface area contributed by atoms with Crippen LogP contribution >= 0.6 is 23.2 Å². The molecular weight excluding hydrogens is 445 g/mol. The summed E-state index contributed by atoms with van der Waals surface area (Å²) in [6, 6.07) is 1.35. The summed E-state index contributed by atoms with van der Waals surface area (Å²) in [5.41, 5.74) is 1.12. The molecule has 162 valence electrons. The topological polar surface area (TPSA) is 115 Å². The minimum atomic E-state index is -2.36. The predicted molar refractivity (Wildman–Crippen MR) is 110 cm³/mol. The summed E-state index contributed by atoms with van der Waals surface area (Å²) in [5.74, 6) is 0. The van der Waals surface area contributed by atoms with Crippen LogP contribution in [0.5, 0.6) is 0 Å². The van der Waals surface area contributed by atoms with E-state index < -0.39 is 28.3 Å². The summed E-state index contributed by atoms with van der Waals surface area (Å²) < 4.78 is 27.0. The van der Waals surface area contributed by atoms with Gasteiger partial charge in [0.05, 0.1) is 16.9 Å². The maximum absolute atomic E-state index is 12.2. The van der Waals surface area contributed by atoms with E-state index >= 15 is 0 Å². The molecule has 1 aliphatic heterocycles. The van der Waals surface area contributed by atoms with E-state index in [1.54, 1.807) is 25.7 Å². The fourth-order valence-electron chi connectivity index (χ4n) is 2.57. The van der Waals surface area contributed by atoms with E-state index in [2.05, 4.69) is 10.4 Å². The lowest BCUT2D eigenvalue weighted by molar-refractivity contribution is -0.108. The highest BCUT2D eigenvalue weighted by atomic mass is 35.5. The van der Waals surface area contributed by atoms with Crippen molar-refractivity contribution in [3.8, 4) is 0 Å². The van der Waals surface area contributed by atoms with Gasteiger partial charge in [0.2, 0.25) is 6.41 Å². The Morgan fingerprint density at radius 1 is 1.38 bits per heavy atom. The van der Waals surface area contributed by atoms with Crippen LogP contribution in [0.3, 0.4) is 0 Å². The van der Waals surface area contributed by atoms with E-state index in [9.17, 15) is 18.4 Å². The standard InChI is InChI=1S/C16H23Cl2N5O5S/c1-16(2,3)28-15(25)22-6-4-21(5-7-22)14(29(26)27)20-23(10-24)12-9-19-13(18)8-11(12)17/h8-10,14,20H,4-7H2,1-3H3,(H,26,27). The smallest absolute Gasteiger partial charge is 0.410 e. The van der Waals surface area contributed by atoms with Crippen LogP contribution < -0.4 is 10.4 Å². The molecule has 1 aromatic rings. The molecule has 0 spiro atoms. The van der Waals surface area contributed by atoms with Crippen LogP contribution in [0.15, 0.2) is 12.3 Å². The second-order valence-corrected chi connectivity index (χ2v) is 8.99. The molecule has 1 fully saturated rings. The largest absolute Gasteiger partial charge is 0.444 e. The van der Waals surface area contributed by atoms with Gasteiger partial charge in [-0.15, -0.1) is 0 Å². The Balaban J connectivity index is 2.06. The summed E-state index contributed by atoms with van der Waals surface area (Å²) in [7, 11) is 0. The number of rotatable bonds is 6. The molecule has 2 amide bonds. The van der Waals surface area contributed by atoms with Gasteiger partial charge in [0.15, 0.2) is 16.6 Å². The monoisotopic (exact) mass is 467 g/mol. The van der Waals surface area contributed by atoms with E-state index in [0.29, 0.717) is 32.6 Å². The molecular formula is C16H23Cl2N5O5S. The molecule has 10 nitrogen and oxygen atoms in total. The van der Waals surface area contributed by atoms with Crippen molar-refractivity contribution >= 4 is 52.5 Å². The number of carbonyl (C=O) groups is 2. The van der Waals surface area contributed by atoms with Crippen molar-refractivity contribution in [2.24, 2.45) is 0 Å². The van der Waals surface area contributed by atoms with Crippen LogP contribution in [-0.4, -0.2) is 73.3 Å². The van der Waals surface area contributed by atoms with Crippen molar-refractivity contribution in [3.05, 3.63) is 22.4 Å². The summed E-state index contributed by atoms with van der Waals surface area (Å²) in [6.07, 6.45) is 1.23. The lowest BCUT2D eigenvalue weighted by atomic mass is 10.2. The van der Waals surface area contributed by atoms with Crippen LogP contribution in [0.4, 0.5) is 10.5 Å². The van der Waals surface area contributed by atoms with Gasteiger partial charge in [-0.1, -0.05) is 23.2 Å². The molecule has 0 aliphatic carbocycles. The number of anilines is 1. The van der Waals surface area contributed by atoms with Gasteiger partial charge < -0.3 is 14.2 Å². The van der Waals surface area contributed by atoms with Gasteiger partial charge in [-0.05, 0) is 26.8 Å². The SMILES string of the molecule is CC(C)(C)OC(=O)N1CCN(C(NN(C=O)c2cnc(Cl)cc2Cl)S(=O)O)CC1. The molecule has 2 rings (SSSR count). The van der Waals surface area contributed by atoms with E-state index in [-0.39, 0.29) is 15.9 Å². The molecule has 2 atom stereocenters. The van der Waals surface area contributed by atoms with E-state index in [0.717, 1.165) is 5.01 Å². The number of hydrogen-bond acceptors (Lipinski definition) is 7. The maximum atomic E-state index is 12.2. The second kappa shape index (κ2) is 10.0. The quantitative estimate of drug-likeness (QED) is 0.282. The predicted octanol–water partition coefficient (Wildman–Crippen LogP) is 1.91. The van der Waals surface area contributed by atoms with Crippen LogP contribution in [-0.2, 0) is 20.6 Å². The highest BCUT2D eigenvalue weighted by Crippen LogP contribution is 2.26. The molecule has 2 unspecified atom stereocenters. The lowest BCUT2D eigenvalue weighted by Gasteiger charge is -2.39. The van der Waals surface area contributed by atoms with Gasteiger partial charge in [-0.3, -0.25) is 9.69 Å². The molecule has 13 heteroatoms. The number of carbonyl (C=O) groups excluding carboxylic acids is 2. The Hall–Kier alpha value is -1.50. The minimum Gasteiger partial charge on any atom is -0.444 e. The fraction of sp³-hybridized carbons (Fsp3) is 0.562. The third-order valence-electron chi connectivity index (χ3n) is 3.90. The second-order valence-electron chi connectivity index (χ2n) is 7.19. The number of amides is 2. The number of hydrazine groups is 1. The highest BCUT2D eigenvalue weighted by Gasteiger charge is 2.32. The van der Waals surface area contributed by atoms with Crippen LogP contribution in [0.2, 0.25) is 10.2 Å². The van der Waals surface area contributed by atoms with Crippen molar-refractivity contribution in [3.63, 3.8) is 0 Å². The number of nitrogens with one attached hydrogen (secondary N) is 1. The number of pyridine rings is 1. The molecule has 1 saturated heterocycles. The van der Waals surface area contributed by atoms with E-state index in [4.69, 9.17) is 27.9 Å². The number of halogens is 2. The number of aromatic nitrogens is 1. The molecule has 0 aromatic carbocycles. The van der Waals surface area contributed by atoms with Gasteiger partial charge in [0.1, 0.15) is 10.8 Å². The zero-order valence-electron chi connectivity index (χ0n) is 16.2. The highest BCUT2D eigenvalue weighted by molar-refractivity contribution is 7.79. The van der Waals surface area contributed by atoms with Gasteiger partial charge in [0, 0.05) is 26.2 Å². The number of piperazine rings is 1. The first-order valence-corrected chi connectivity index (χ1v) is 10.6. The van der Waals surface area contributed by atoms with Gasteiger partial charge >= 0.3 is 6.09 Å². The Morgan fingerprint density at radius 3 is 2.48 bits per heavy atom. The number of nitrogens with zero attached hydrogens (tertiary/aromatic N) is 4. The first-order valence-electron chi connectivity index (χ1n) is 8.65. The first-order chi connectivity index (χ1) is 13.5. The molecule has 1 aliphatic rings. The summed E-state index contributed by atoms with van der Waals surface area (Å²) in [5, 5.41) is 1.25. The molecule has 2 N–H and O–H groups in total. The Labute approximate surface area is 181 Å². The van der Waals surface area contributed by atoms with Crippen LogP contribution in [0.25, 0.3) is 0 Å². The summed E-state index contributed by atoms with van der Waals surface area (Å²) >= 11 is 9.49. The molecule has 2 heterocycles. The Bertz CT molecular complexity index is 771. The summed E-state index contributed by atoms with van der Waals surface area (Å²) in [4.78, 5) is 30.7. The Morgan fingerprint density at radius 2 is 2.00 bits per heavy atom. The van der Waals surface area contributed by atoms with E-state index in [1.807, 2.05) is 0 Å². The zero-order chi connectivity index (χ0) is 21.8. The molecule has 0 radical (unpaired) electrons. The van der Waals surface area contributed by atoms with Gasteiger partial charge in [-0.25, -0.2) is 19.0 Å². The first kappa shape index (κ1) is 23.8. The van der Waals surface area contributed by atoms with Crippen molar-refractivity contribution in [2.45, 2.75) is 31.9 Å².